The number of allylic oxidation sites excluding steroid dienone is 2. The molecule has 1 nitrogen and oxygen atoms in total. The van der Waals surface area contributed by atoms with Gasteiger partial charge in [0.25, 0.3) is 0 Å². The normalized spacial score (nSPS) is 13.9. The quantitative estimate of drug-likeness (QED) is 0.138. The van der Waals surface area contributed by atoms with Gasteiger partial charge >= 0.3 is 12.3 Å². The fraction of sp³-hybridized carbons (Fsp3) is 0.333. The summed E-state index contributed by atoms with van der Waals surface area (Å²) in [6.07, 6.45) is -7.92. The van der Waals surface area contributed by atoms with Crippen LogP contribution >= 0.6 is 0 Å². The van der Waals surface area contributed by atoms with E-state index in [1.54, 1.807) is 6.07 Å². The topological polar surface area (TPSA) is 9.23 Å². The zero-order chi connectivity index (χ0) is 34.6. The van der Waals surface area contributed by atoms with Gasteiger partial charge in [0.2, 0.25) is 0 Å². The van der Waals surface area contributed by atoms with Gasteiger partial charge in [0.05, 0.1) is 0 Å². The highest BCUT2D eigenvalue weighted by atomic mass is 19.4. The summed E-state index contributed by atoms with van der Waals surface area (Å²) < 4.78 is 173. The Bertz CT molecular complexity index is 1570. The highest BCUT2D eigenvalue weighted by Crippen LogP contribution is 2.40. The monoisotopic (exact) mass is 668 g/mol. The van der Waals surface area contributed by atoms with E-state index in [9.17, 15) is 52.7 Å². The molecule has 0 aliphatic rings. The average molecular weight is 669 g/mol. The van der Waals surface area contributed by atoms with Crippen LogP contribution in [0.5, 0.6) is 5.75 Å². The molecule has 3 aromatic rings. The minimum Gasteiger partial charge on any atom is -0.429 e. The first-order valence-electron chi connectivity index (χ1n) is 14.0. The van der Waals surface area contributed by atoms with E-state index in [1.807, 2.05) is 6.92 Å². The van der Waals surface area contributed by atoms with E-state index in [4.69, 9.17) is 0 Å². The Kier molecular flexibility index (Phi) is 11.7. The van der Waals surface area contributed by atoms with Crippen molar-refractivity contribution in [3.63, 3.8) is 0 Å². The van der Waals surface area contributed by atoms with Crippen molar-refractivity contribution in [3.8, 4) is 16.9 Å². The second-order valence-corrected chi connectivity index (χ2v) is 10.7. The molecule has 0 aliphatic carbocycles. The molecule has 0 spiro atoms. The SMILES string of the molecule is CCCCC(C)Cc1ccc(-c2cc(F)c(C/C=C(F)\C(=C(/C)F)C(F)(F)Oc3cc(F)c(C(F)(F)F)c(F)c3)c(F)c2)c(F)c1. The molecule has 13 heteroatoms. The Morgan fingerprint density at radius 2 is 1.41 bits per heavy atom. The van der Waals surface area contributed by atoms with E-state index >= 15 is 0 Å². The Morgan fingerprint density at radius 1 is 0.826 bits per heavy atom. The summed E-state index contributed by atoms with van der Waals surface area (Å²) >= 11 is 0. The molecule has 0 saturated carbocycles. The molecular weight excluding hydrogens is 640 g/mol. The minimum absolute atomic E-state index is 0.137. The van der Waals surface area contributed by atoms with Crippen LogP contribution in [0.3, 0.4) is 0 Å². The molecule has 0 saturated heterocycles. The third-order valence-electron chi connectivity index (χ3n) is 7.03. The van der Waals surface area contributed by atoms with Gasteiger partial charge in [-0.25, -0.2) is 30.7 Å². The van der Waals surface area contributed by atoms with Gasteiger partial charge in [0.1, 0.15) is 57.6 Å². The number of unbranched alkanes of at least 4 members (excludes halogenated alkanes) is 1. The van der Waals surface area contributed by atoms with Crippen molar-refractivity contribution in [1.82, 2.24) is 0 Å². The van der Waals surface area contributed by atoms with Gasteiger partial charge in [-0.3, -0.25) is 0 Å². The molecule has 3 aromatic carbocycles. The molecule has 3 rings (SSSR count). The largest absolute Gasteiger partial charge is 0.432 e. The van der Waals surface area contributed by atoms with Gasteiger partial charge in [-0.2, -0.15) is 22.0 Å². The lowest BCUT2D eigenvalue weighted by Crippen LogP contribution is -2.29. The van der Waals surface area contributed by atoms with Crippen LogP contribution in [0.4, 0.5) is 52.7 Å². The number of hydrogen-bond acceptors (Lipinski definition) is 1. The van der Waals surface area contributed by atoms with Gasteiger partial charge < -0.3 is 4.74 Å². The summed E-state index contributed by atoms with van der Waals surface area (Å²) in [6, 6.07) is 5.19. The van der Waals surface area contributed by atoms with E-state index in [1.165, 1.54) is 12.1 Å². The smallest absolute Gasteiger partial charge is 0.429 e. The maximum atomic E-state index is 14.9. The Balaban J connectivity index is 1.84. The predicted molar refractivity (Wildman–Crippen MR) is 148 cm³/mol. The number of hydrogen-bond donors (Lipinski definition) is 0. The second-order valence-electron chi connectivity index (χ2n) is 10.7. The fourth-order valence-electron chi connectivity index (χ4n) is 4.81. The van der Waals surface area contributed by atoms with Crippen molar-refractivity contribution >= 4 is 0 Å². The lowest BCUT2D eigenvalue weighted by molar-refractivity contribution is -0.145. The lowest BCUT2D eigenvalue weighted by Gasteiger charge is -2.21. The standard InChI is InChI=1S/C33H28F12O/c1-4-5-6-17(2)11-19-7-8-22(25(36)12-19)20-13-26(37)23(27(38)14-20)9-10-24(35)30(18(3)34)33(44,45)46-21-15-28(39)31(29(40)16-21)32(41,42)43/h7-8,10,12-17H,4-6,9,11H2,1-3H3/b24-10+,30-18-. The van der Waals surface area contributed by atoms with E-state index in [0.29, 0.717) is 18.9 Å². The van der Waals surface area contributed by atoms with Crippen molar-refractivity contribution in [1.29, 1.82) is 0 Å². The van der Waals surface area contributed by atoms with Crippen molar-refractivity contribution in [3.05, 3.63) is 112 Å². The number of alkyl halides is 5. The second kappa shape index (κ2) is 14.7. The summed E-state index contributed by atoms with van der Waals surface area (Å²) in [7, 11) is 0. The first-order valence-corrected chi connectivity index (χ1v) is 14.0. The molecule has 0 aromatic heterocycles. The molecule has 1 atom stereocenters. The van der Waals surface area contributed by atoms with E-state index < -0.39 is 81.9 Å². The average Bonchev–Trinajstić information content (AvgIpc) is 2.89. The molecule has 0 fully saturated rings. The maximum absolute atomic E-state index is 14.9. The van der Waals surface area contributed by atoms with Crippen molar-refractivity contribution in [2.75, 3.05) is 0 Å². The highest BCUT2D eigenvalue weighted by molar-refractivity contribution is 5.65. The first-order chi connectivity index (χ1) is 21.3. The van der Waals surface area contributed by atoms with Gasteiger partial charge in [0, 0.05) is 23.3 Å². The summed E-state index contributed by atoms with van der Waals surface area (Å²) in [6.45, 7) is 4.41. The zero-order valence-electron chi connectivity index (χ0n) is 24.7. The van der Waals surface area contributed by atoms with Gasteiger partial charge in [-0.1, -0.05) is 45.2 Å². The van der Waals surface area contributed by atoms with E-state index in [-0.39, 0.29) is 35.3 Å². The van der Waals surface area contributed by atoms with Crippen molar-refractivity contribution in [2.24, 2.45) is 5.92 Å². The van der Waals surface area contributed by atoms with Crippen LogP contribution in [0.2, 0.25) is 0 Å². The van der Waals surface area contributed by atoms with Crippen LogP contribution in [-0.2, 0) is 19.0 Å². The van der Waals surface area contributed by atoms with Gasteiger partial charge in [-0.15, -0.1) is 0 Å². The van der Waals surface area contributed by atoms with Crippen LogP contribution in [-0.4, -0.2) is 6.11 Å². The molecule has 0 heterocycles. The van der Waals surface area contributed by atoms with Crippen LogP contribution in [0.25, 0.3) is 11.1 Å². The zero-order valence-corrected chi connectivity index (χ0v) is 24.7. The number of benzene rings is 3. The summed E-state index contributed by atoms with van der Waals surface area (Å²) in [5.41, 5.74) is -5.08. The summed E-state index contributed by atoms with van der Waals surface area (Å²) in [5.74, 6) is -13.3. The Hall–Kier alpha value is -3.90. The van der Waals surface area contributed by atoms with Crippen LogP contribution in [0, 0.1) is 35.0 Å². The highest BCUT2D eigenvalue weighted by Gasteiger charge is 2.44. The first kappa shape index (κ1) is 36.6. The third kappa shape index (κ3) is 8.88. The molecule has 1 unspecified atom stereocenters. The molecule has 46 heavy (non-hydrogen) atoms. The molecule has 0 N–H and O–H groups in total. The van der Waals surface area contributed by atoms with Crippen molar-refractivity contribution < 1.29 is 57.4 Å². The summed E-state index contributed by atoms with van der Waals surface area (Å²) in [5, 5.41) is 0. The fourth-order valence-corrected chi connectivity index (χ4v) is 4.81. The van der Waals surface area contributed by atoms with Gasteiger partial charge in [0.15, 0.2) is 0 Å². The van der Waals surface area contributed by atoms with Crippen molar-refractivity contribution in [2.45, 2.75) is 65.2 Å². The molecular formula is C33H28F12O. The summed E-state index contributed by atoms with van der Waals surface area (Å²) in [4.78, 5) is 0. The minimum atomic E-state index is -5.53. The third-order valence-corrected chi connectivity index (χ3v) is 7.03. The Labute approximate surface area is 257 Å². The molecule has 0 amide bonds. The van der Waals surface area contributed by atoms with Gasteiger partial charge in [-0.05, 0) is 61.1 Å². The number of rotatable bonds is 12. The Morgan fingerprint density at radius 3 is 1.91 bits per heavy atom. The lowest BCUT2D eigenvalue weighted by atomic mass is 9.94. The van der Waals surface area contributed by atoms with E-state index in [2.05, 4.69) is 11.7 Å². The van der Waals surface area contributed by atoms with Crippen LogP contribution in [0.15, 0.2) is 65.8 Å². The van der Waals surface area contributed by atoms with E-state index in [0.717, 1.165) is 31.4 Å². The molecule has 0 bridgehead atoms. The predicted octanol–water partition coefficient (Wildman–Crippen LogP) is 11.7. The number of halogens is 12. The van der Waals surface area contributed by atoms with Crippen LogP contribution < -0.4 is 4.74 Å². The molecule has 0 radical (unpaired) electrons. The molecule has 0 aliphatic heterocycles. The molecule has 250 valence electrons. The van der Waals surface area contributed by atoms with Crippen LogP contribution in [0.1, 0.15) is 56.7 Å². The number of ether oxygens (including phenoxy) is 1. The maximum Gasteiger partial charge on any atom is 0.432 e.